The molecular weight excluding hydrogens is 604 g/mol. The van der Waals surface area contributed by atoms with Crippen LogP contribution in [0.4, 0.5) is 11.5 Å². The number of carbonyl (C=O) groups excluding carboxylic acids is 2. The Bertz CT molecular complexity index is 2000. The molecule has 0 radical (unpaired) electrons. The average molecular weight is 643 g/mol. The number of anilines is 2. The molecule has 2 aliphatic heterocycles. The normalized spacial score (nSPS) is 20.1. The molecule has 8 rings (SSSR count). The topological polar surface area (TPSA) is 119 Å². The Kier molecular flexibility index (Phi) is 7.55. The molecule has 1 aliphatic carbocycles. The number of carbonyl (C=O) groups is 2. The van der Waals surface area contributed by atoms with Crippen LogP contribution in [-0.4, -0.2) is 67.7 Å². The number of morpholine rings is 1. The predicted molar refractivity (Wildman–Crippen MR) is 183 cm³/mol. The molecule has 2 bridgehead atoms. The number of ether oxygens (including phenoxy) is 1. The summed E-state index contributed by atoms with van der Waals surface area (Å²) in [7, 11) is 3.63. The van der Waals surface area contributed by atoms with Crippen molar-refractivity contribution in [3.05, 3.63) is 102 Å². The Balaban J connectivity index is 1.08. The quantitative estimate of drug-likeness (QED) is 0.253. The van der Waals surface area contributed by atoms with Crippen LogP contribution in [0, 0.1) is 6.92 Å². The van der Waals surface area contributed by atoms with Crippen LogP contribution in [0.15, 0.2) is 79.3 Å². The molecule has 2 amide bonds. The Morgan fingerprint density at radius 2 is 1.75 bits per heavy atom. The van der Waals surface area contributed by atoms with Crippen molar-refractivity contribution < 1.29 is 14.3 Å². The number of amides is 2. The van der Waals surface area contributed by atoms with Crippen molar-refractivity contribution in [2.45, 2.75) is 50.3 Å². The number of benzene rings is 2. The molecule has 4 atom stereocenters. The summed E-state index contributed by atoms with van der Waals surface area (Å²) in [5.74, 6) is 0.132. The van der Waals surface area contributed by atoms with Crippen LogP contribution in [0.2, 0.25) is 0 Å². The van der Waals surface area contributed by atoms with Gasteiger partial charge in [0, 0.05) is 50.2 Å². The minimum Gasteiger partial charge on any atom is -0.374 e. The third-order valence-electron chi connectivity index (χ3n) is 10.1. The van der Waals surface area contributed by atoms with E-state index in [9.17, 15) is 9.59 Å². The van der Waals surface area contributed by atoms with Gasteiger partial charge >= 0.3 is 0 Å². The third kappa shape index (κ3) is 5.43. The van der Waals surface area contributed by atoms with Crippen LogP contribution in [0.3, 0.4) is 0 Å². The molecule has 5 aromatic rings. The van der Waals surface area contributed by atoms with Crippen LogP contribution >= 0.6 is 0 Å². The number of fused-ring (bicyclic) bond motifs is 3. The van der Waals surface area contributed by atoms with Gasteiger partial charge < -0.3 is 20.3 Å². The highest BCUT2D eigenvalue weighted by Crippen LogP contribution is 2.40. The first kappa shape index (κ1) is 30.1. The fourth-order valence-corrected chi connectivity index (χ4v) is 7.65. The van der Waals surface area contributed by atoms with E-state index in [2.05, 4.69) is 50.0 Å². The number of nitrogens with one attached hydrogen (secondary N) is 2. The van der Waals surface area contributed by atoms with Crippen molar-refractivity contribution in [2.24, 2.45) is 14.1 Å². The van der Waals surface area contributed by atoms with Crippen molar-refractivity contribution >= 4 is 23.3 Å². The molecule has 0 spiro atoms. The SMILES string of the molecule is Cc1cnn(C)c1-c1ccc(NC(=O)[C@@H](NC(=O)c2ccnn2C)[C@@H]2CCc3ccc(-c4ccnc(N5C[C@@H]6C[C@H]5CO6)c4)cc32)cc1. The van der Waals surface area contributed by atoms with E-state index in [-0.39, 0.29) is 23.8 Å². The average Bonchev–Trinajstić information content (AvgIpc) is 3.95. The summed E-state index contributed by atoms with van der Waals surface area (Å²) in [6.07, 6.45) is 8.18. The summed E-state index contributed by atoms with van der Waals surface area (Å²) in [6.45, 7) is 3.64. The van der Waals surface area contributed by atoms with E-state index in [0.29, 0.717) is 17.4 Å². The lowest BCUT2D eigenvalue weighted by Gasteiger charge is -2.28. The smallest absolute Gasteiger partial charge is 0.270 e. The standard InChI is InChI=1S/C37H38N8O3/c1-22-19-40-44(3)35(22)24-6-9-27(10-7-24)41-37(47)34(42-36(46)32-13-15-39-43(32)2)30-11-8-23-4-5-25(16-31(23)30)26-12-14-38-33(17-26)45-20-29-18-28(45)21-48-29/h4-7,9-10,12-17,19,28-30,34H,8,11,18,20-21H2,1-3H3,(H,41,47)(H,42,46)/t28-,29-,30+,34-/m0/s1. The summed E-state index contributed by atoms with van der Waals surface area (Å²) in [5.41, 5.74) is 8.55. The number of hydrogen-bond acceptors (Lipinski definition) is 7. The first-order valence-electron chi connectivity index (χ1n) is 16.5. The maximum Gasteiger partial charge on any atom is 0.270 e. The molecule has 3 aliphatic rings. The van der Waals surface area contributed by atoms with E-state index >= 15 is 0 Å². The molecule has 2 fully saturated rings. The maximum atomic E-state index is 14.1. The van der Waals surface area contributed by atoms with Crippen LogP contribution < -0.4 is 15.5 Å². The highest BCUT2D eigenvalue weighted by molar-refractivity contribution is 6.01. The molecular formula is C37H38N8O3. The summed E-state index contributed by atoms with van der Waals surface area (Å²) in [4.78, 5) is 34.7. The molecule has 0 unspecified atom stereocenters. The van der Waals surface area contributed by atoms with E-state index < -0.39 is 6.04 Å². The van der Waals surface area contributed by atoms with Crippen molar-refractivity contribution in [3.8, 4) is 22.4 Å². The monoisotopic (exact) mass is 642 g/mol. The van der Waals surface area contributed by atoms with Gasteiger partial charge in [-0.15, -0.1) is 0 Å². The minimum absolute atomic E-state index is 0.221. The third-order valence-corrected chi connectivity index (χ3v) is 10.1. The van der Waals surface area contributed by atoms with Crippen LogP contribution in [0.5, 0.6) is 0 Å². The van der Waals surface area contributed by atoms with Crippen LogP contribution in [-0.2, 0) is 30.0 Å². The Hall–Kier alpha value is -5.29. The number of pyridine rings is 1. The number of rotatable bonds is 8. The van der Waals surface area contributed by atoms with Gasteiger partial charge in [-0.05, 0) is 84.3 Å². The summed E-state index contributed by atoms with van der Waals surface area (Å²) < 4.78 is 9.17. The fourth-order valence-electron chi connectivity index (χ4n) is 7.65. The second-order valence-electron chi connectivity index (χ2n) is 13.1. The van der Waals surface area contributed by atoms with Gasteiger partial charge in [-0.25, -0.2) is 4.98 Å². The molecule has 2 N–H and O–H groups in total. The summed E-state index contributed by atoms with van der Waals surface area (Å²) >= 11 is 0. The maximum absolute atomic E-state index is 14.1. The largest absolute Gasteiger partial charge is 0.374 e. The minimum atomic E-state index is -0.809. The van der Waals surface area contributed by atoms with E-state index in [1.165, 1.54) is 10.2 Å². The van der Waals surface area contributed by atoms with E-state index in [4.69, 9.17) is 9.72 Å². The number of hydrogen-bond donors (Lipinski definition) is 2. The molecule has 0 saturated carbocycles. The summed E-state index contributed by atoms with van der Waals surface area (Å²) in [6, 6.07) is 19.6. The van der Waals surface area contributed by atoms with Crippen molar-refractivity contribution in [1.82, 2.24) is 29.9 Å². The lowest BCUT2D eigenvalue weighted by atomic mass is 9.90. The molecule has 244 valence electrons. The highest BCUT2D eigenvalue weighted by atomic mass is 16.5. The van der Waals surface area contributed by atoms with Gasteiger partial charge in [0.15, 0.2) is 0 Å². The van der Waals surface area contributed by atoms with Gasteiger partial charge in [0.2, 0.25) is 5.91 Å². The van der Waals surface area contributed by atoms with Gasteiger partial charge in [-0.2, -0.15) is 10.2 Å². The van der Waals surface area contributed by atoms with Crippen LogP contribution in [0.25, 0.3) is 22.4 Å². The first-order chi connectivity index (χ1) is 23.3. The molecule has 11 heteroatoms. The molecule has 2 saturated heterocycles. The Labute approximate surface area is 278 Å². The van der Waals surface area contributed by atoms with Crippen molar-refractivity contribution in [3.63, 3.8) is 0 Å². The Morgan fingerprint density at radius 1 is 0.938 bits per heavy atom. The Morgan fingerprint density at radius 3 is 2.46 bits per heavy atom. The molecule has 2 aromatic carbocycles. The molecule has 5 heterocycles. The van der Waals surface area contributed by atoms with Gasteiger partial charge in [-0.1, -0.05) is 30.3 Å². The molecule has 11 nitrogen and oxygen atoms in total. The number of nitrogens with zero attached hydrogens (tertiary/aromatic N) is 6. The summed E-state index contributed by atoms with van der Waals surface area (Å²) in [5, 5.41) is 14.7. The van der Waals surface area contributed by atoms with Gasteiger partial charge in [-0.3, -0.25) is 19.0 Å². The molecule has 3 aromatic heterocycles. The van der Waals surface area contributed by atoms with E-state index in [0.717, 1.165) is 71.7 Å². The second-order valence-corrected chi connectivity index (χ2v) is 13.1. The number of aromatic nitrogens is 5. The molecule has 48 heavy (non-hydrogen) atoms. The second kappa shape index (κ2) is 12.1. The number of aryl methyl sites for hydroxylation is 4. The van der Waals surface area contributed by atoms with E-state index in [1.54, 1.807) is 19.3 Å². The van der Waals surface area contributed by atoms with Crippen molar-refractivity contribution in [2.75, 3.05) is 23.4 Å². The van der Waals surface area contributed by atoms with Gasteiger partial charge in [0.1, 0.15) is 17.6 Å². The van der Waals surface area contributed by atoms with Crippen molar-refractivity contribution in [1.29, 1.82) is 0 Å². The zero-order valence-electron chi connectivity index (χ0n) is 27.3. The fraction of sp³-hybridized carbons (Fsp3) is 0.324. The lowest BCUT2D eigenvalue weighted by molar-refractivity contribution is -0.118. The van der Waals surface area contributed by atoms with Gasteiger partial charge in [0.25, 0.3) is 5.91 Å². The van der Waals surface area contributed by atoms with E-state index in [1.807, 2.05) is 61.4 Å². The van der Waals surface area contributed by atoms with Crippen LogP contribution in [0.1, 0.15) is 45.9 Å². The highest BCUT2D eigenvalue weighted by Gasteiger charge is 2.40. The first-order valence-corrected chi connectivity index (χ1v) is 16.5. The van der Waals surface area contributed by atoms with Gasteiger partial charge in [0.05, 0.1) is 30.6 Å². The zero-order chi connectivity index (χ0) is 32.9. The zero-order valence-corrected chi connectivity index (χ0v) is 27.3. The lowest BCUT2D eigenvalue weighted by Crippen LogP contribution is -2.47. The predicted octanol–water partition coefficient (Wildman–Crippen LogP) is 4.64.